The molecule has 0 aromatic carbocycles. The minimum atomic E-state index is -0.896. The van der Waals surface area contributed by atoms with Gasteiger partial charge >= 0.3 is 5.97 Å². The van der Waals surface area contributed by atoms with Crippen LogP contribution >= 0.6 is 12.2 Å². The molecular formula is C6H6N2O3S. The smallest absolute Gasteiger partial charge is 0.319 e. The van der Waals surface area contributed by atoms with Gasteiger partial charge in [-0.25, -0.2) is 5.10 Å². The number of aliphatic carboxylic acids is 1. The largest absolute Gasteiger partial charge is 0.480 e. The van der Waals surface area contributed by atoms with Crippen molar-refractivity contribution in [3.05, 3.63) is 10.7 Å². The molecule has 1 aliphatic carbocycles. The molecule has 1 aromatic heterocycles. The number of carboxylic acid groups (broad SMARTS) is 1. The highest BCUT2D eigenvalue weighted by Crippen LogP contribution is 2.47. The predicted molar refractivity (Wildman–Crippen MR) is 40.2 cm³/mol. The normalized spacial score (nSPS) is 19.0. The molecule has 1 fully saturated rings. The number of nitrogens with one attached hydrogen (secondary N) is 1. The first kappa shape index (κ1) is 7.48. The van der Waals surface area contributed by atoms with Crippen molar-refractivity contribution in [2.24, 2.45) is 0 Å². The van der Waals surface area contributed by atoms with Crippen molar-refractivity contribution in [2.45, 2.75) is 18.3 Å². The molecule has 1 aromatic rings. The van der Waals surface area contributed by atoms with Gasteiger partial charge in [-0.2, -0.15) is 0 Å². The summed E-state index contributed by atoms with van der Waals surface area (Å²) in [4.78, 5) is 10.9. The van der Waals surface area contributed by atoms with E-state index in [0.29, 0.717) is 12.8 Å². The van der Waals surface area contributed by atoms with Gasteiger partial charge in [0.15, 0.2) is 0 Å². The van der Waals surface area contributed by atoms with Crippen LogP contribution in [0, 0.1) is 4.84 Å². The van der Waals surface area contributed by atoms with Gasteiger partial charge in [-0.1, -0.05) is 0 Å². The summed E-state index contributed by atoms with van der Waals surface area (Å²) in [6, 6.07) is 0. The second kappa shape index (κ2) is 2.16. The second-order valence-electron chi connectivity index (χ2n) is 2.81. The van der Waals surface area contributed by atoms with Crippen molar-refractivity contribution in [3.8, 4) is 0 Å². The van der Waals surface area contributed by atoms with E-state index in [1.54, 1.807) is 0 Å². The van der Waals surface area contributed by atoms with Crippen LogP contribution in [0.2, 0.25) is 0 Å². The molecule has 5 nitrogen and oxygen atoms in total. The molecule has 1 saturated carbocycles. The number of H-pyrrole nitrogens is 1. The van der Waals surface area contributed by atoms with E-state index in [-0.39, 0.29) is 10.7 Å². The van der Waals surface area contributed by atoms with Gasteiger partial charge in [-0.15, -0.1) is 5.10 Å². The van der Waals surface area contributed by atoms with E-state index in [1.165, 1.54) is 0 Å². The highest BCUT2D eigenvalue weighted by Gasteiger charge is 2.56. The Balaban J connectivity index is 2.43. The Morgan fingerprint density at radius 3 is 2.75 bits per heavy atom. The van der Waals surface area contributed by atoms with Crippen LogP contribution in [0.5, 0.6) is 0 Å². The monoisotopic (exact) mass is 186 g/mol. The summed E-state index contributed by atoms with van der Waals surface area (Å²) >= 11 is 4.64. The summed E-state index contributed by atoms with van der Waals surface area (Å²) in [5, 5.41) is 14.9. The molecule has 0 aliphatic heterocycles. The summed E-state index contributed by atoms with van der Waals surface area (Å²) in [5.74, 6) is -0.701. The quantitative estimate of drug-likeness (QED) is 0.669. The maximum absolute atomic E-state index is 10.7. The molecule has 2 rings (SSSR count). The van der Waals surface area contributed by atoms with E-state index < -0.39 is 11.4 Å². The lowest BCUT2D eigenvalue weighted by Crippen LogP contribution is -2.19. The van der Waals surface area contributed by atoms with Crippen LogP contribution in [-0.2, 0) is 10.2 Å². The standard InChI is InChI=1S/C6H6N2O3S/c9-4(10)6(1-2-6)3-7-8-5(12)11-3/h1-2H2,(H,8,12)(H,9,10). The molecular weight excluding hydrogens is 180 g/mol. The van der Waals surface area contributed by atoms with Crippen molar-refractivity contribution in [2.75, 3.05) is 0 Å². The number of carbonyl (C=O) groups is 1. The van der Waals surface area contributed by atoms with Crippen LogP contribution in [0.1, 0.15) is 18.7 Å². The molecule has 1 aliphatic rings. The van der Waals surface area contributed by atoms with Gasteiger partial charge in [0.05, 0.1) is 0 Å². The average Bonchev–Trinajstić information content (AvgIpc) is 2.71. The molecule has 64 valence electrons. The highest BCUT2D eigenvalue weighted by atomic mass is 32.1. The minimum absolute atomic E-state index is 0.123. The molecule has 0 spiro atoms. The fourth-order valence-electron chi connectivity index (χ4n) is 1.08. The lowest BCUT2D eigenvalue weighted by atomic mass is 10.1. The number of carboxylic acids is 1. The first-order valence-electron chi connectivity index (χ1n) is 3.44. The molecule has 0 unspecified atom stereocenters. The maximum Gasteiger partial charge on any atom is 0.319 e. The SMILES string of the molecule is O=C(O)C1(c2n[nH]c(=S)o2)CC1. The van der Waals surface area contributed by atoms with Crippen molar-refractivity contribution in [1.29, 1.82) is 0 Å². The average molecular weight is 186 g/mol. The second-order valence-corrected chi connectivity index (χ2v) is 3.18. The molecule has 2 N–H and O–H groups in total. The zero-order valence-electron chi connectivity index (χ0n) is 6.03. The topological polar surface area (TPSA) is 79.1 Å². The Labute approximate surface area is 72.4 Å². The Kier molecular flexibility index (Phi) is 1.35. The van der Waals surface area contributed by atoms with E-state index in [4.69, 9.17) is 9.52 Å². The van der Waals surface area contributed by atoms with Crippen LogP contribution in [0.4, 0.5) is 0 Å². The number of aromatic nitrogens is 2. The van der Waals surface area contributed by atoms with Gasteiger partial charge in [0.25, 0.3) is 4.84 Å². The van der Waals surface area contributed by atoms with E-state index in [1.807, 2.05) is 0 Å². The third kappa shape index (κ3) is 0.878. The lowest BCUT2D eigenvalue weighted by Gasteiger charge is -2.00. The van der Waals surface area contributed by atoms with Crippen LogP contribution < -0.4 is 0 Å². The Morgan fingerprint density at radius 2 is 2.42 bits per heavy atom. The molecule has 6 heteroatoms. The van der Waals surface area contributed by atoms with Crippen molar-refractivity contribution in [1.82, 2.24) is 10.2 Å². The molecule has 0 radical (unpaired) electrons. The number of nitrogens with zero attached hydrogens (tertiary/aromatic N) is 1. The zero-order valence-corrected chi connectivity index (χ0v) is 6.85. The third-order valence-corrected chi connectivity index (χ3v) is 2.18. The van der Waals surface area contributed by atoms with Crippen molar-refractivity contribution < 1.29 is 14.3 Å². The summed E-state index contributed by atoms with van der Waals surface area (Å²) in [5.41, 5.74) is -0.895. The Morgan fingerprint density at radius 1 is 1.75 bits per heavy atom. The van der Waals surface area contributed by atoms with Gasteiger partial charge in [-0.05, 0) is 25.1 Å². The van der Waals surface area contributed by atoms with Gasteiger partial charge in [0.1, 0.15) is 5.41 Å². The van der Waals surface area contributed by atoms with E-state index in [9.17, 15) is 4.79 Å². The number of hydrogen-bond acceptors (Lipinski definition) is 4. The van der Waals surface area contributed by atoms with Gasteiger partial charge in [-0.3, -0.25) is 4.79 Å². The molecule has 0 atom stereocenters. The molecule has 1 heterocycles. The summed E-state index contributed by atoms with van der Waals surface area (Å²) in [6.07, 6.45) is 1.15. The lowest BCUT2D eigenvalue weighted by molar-refractivity contribution is -0.140. The van der Waals surface area contributed by atoms with Crippen molar-refractivity contribution in [3.63, 3.8) is 0 Å². The van der Waals surface area contributed by atoms with E-state index >= 15 is 0 Å². The summed E-state index contributed by atoms with van der Waals surface area (Å²) < 4.78 is 4.94. The van der Waals surface area contributed by atoms with Crippen LogP contribution in [0.25, 0.3) is 0 Å². The minimum Gasteiger partial charge on any atom is -0.480 e. The Bertz CT molecular complexity index is 376. The first-order chi connectivity index (χ1) is 5.65. The maximum atomic E-state index is 10.7. The van der Waals surface area contributed by atoms with E-state index in [2.05, 4.69) is 22.4 Å². The highest BCUT2D eigenvalue weighted by molar-refractivity contribution is 7.71. The van der Waals surface area contributed by atoms with Crippen LogP contribution in [0.3, 0.4) is 0 Å². The summed E-state index contributed by atoms with van der Waals surface area (Å²) in [6.45, 7) is 0. The van der Waals surface area contributed by atoms with Crippen molar-refractivity contribution >= 4 is 18.2 Å². The van der Waals surface area contributed by atoms with Gasteiger partial charge in [0.2, 0.25) is 5.89 Å². The van der Waals surface area contributed by atoms with Gasteiger partial charge < -0.3 is 9.52 Å². The fraction of sp³-hybridized carbons (Fsp3) is 0.500. The number of aromatic amines is 1. The van der Waals surface area contributed by atoms with Crippen LogP contribution in [0.15, 0.2) is 4.42 Å². The molecule has 0 bridgehead atoms. The first-order valence-corrected chi connectivity index (χ1v) is 3.85. The molecule has 0 amide bonds. The number of rotatable bonds is 2. The van der Waals surface area contributed by atoms with Gasteiger partial charge in [0, 0.05) is 0 Å². The molecule has 12 heavy (non-hydrogen) atoms. The Hall–Kier alpha value is -1.17. The third-order valence-electron chi connectivity index (χ3n) is 2.01. The summed E-state index contributed by atoms with van der Waals surface area (Å²) in [7, 11) is 0. The predicted octanol–water partition coefficient (Wildman–Crippen LogP) is 0.848. The van der Waals surface area contributed by atoms with E-state index in [0.717, 1.165) is 0 Å². The number of hydrogen-bond donors (Lipinski definition) is 2. The zero-order chi connectivity index (χ0) is 8.77. The fourth-order valence-corrected chi connectivity index (χ4v) is 1.20. The molecule has 0 saturated heterocycles. The van der Waals surface area contributed by atoms with Crippen LogP contribution in [-0.4, -0.2) is 21.3 Å².